The van der Waals surface area contributed by atoms with Crippen molar-refractivity contribution in [1.82, 2.24) is 20.0 Å². The van der Waals surface area contributed by atoms with Crippen LogP contribution in [0.1, 0.15) is 24.2 Å². The lowest BCUT2D eigenvalue weighted by Gasteiger charge is -2.36. The fourth-order valence-electron chi connectivity index (χ4n) is 4.25. The van der Waals surface area contributed by atoms with Gasteiger partial charge < -0.3 is 24.2 Å². The van der Waals surface area contributed by atoms with E-state index in [1.165, 1.54) is 0 Å². The maximum Gasteiger partial charge on any atom is 0.254 e. The normalized spacial score (nSPS) is 13.4. The number of hydrogen-bond acceptors (Lipinski definition) is 7. The molecule has 194 valence electrons. The SMILES string of the molecule is COc1ccc(C(=O)N(CC(=O)N2CCN(c3ccc(-c4cccc(OC)c4)nn3)CC2)C(C)C)cc1. The summed E-state index contributed by atoms with van der Waals surface area (Å²) in [5.74, 6) is 2.00. The average molecular weight is 504 g/mol. The summed E-state index contributed by atoms with van der Waals surface area (Å²) < 4.78 is 10.5. The Hall–Kier alpha value is -4.14. The van der Waals surface area contributed by atoms with E-state index in [9.17, 15) is 9.59 Å². The molecule has 0 bridgehead atoms. The third-order valence-corrected chi connectivity index (χ3v) is 6.50. The van der Waals surface area contributed by atoms with Crippen LogP contribution in [-0.2, 0) is 4.79 Å². The Morgan fingerprint density at radius 3 is 2.19 bits per heavy atom. The minimum absolute atomic E-state index is 0.0393. The van der Waals surface area contributed by atoms with Crippen molar-refractivity contribution < 1.29 is 19.1 Å². The van der Waals surface area contributed by atoms with Crippen molar-refractivity contribution in [3.05, 3.63) is 66.2 Å². The Labute approximate surface area is 217 Å². The zero-order chi connectivity index (χ0) is 26.4. The molecular weight excluding hydrogens is 470 g/mol. The summed E-state index contributed by atoms with van der Waals surface area (Å²) in [5, 5.41) is 8.81. The summed E-state index contributed by atoms with van der Waals surface area (Å²) in [5.41, 5.74) is 2.24. The first-order chi connectivity index (χ1) is 17.9. The van der Waals surface area contributed by atoms with Crippen LogP contribution in [0, 0.1) is 0 Å². The lowest BCUT2D eigenvalue weighted by atomic mass is 10.1. The highest BCUT2D eigenvalue weighted by atomic mass is 16.5. The van der Waals surface area contributed by atoms with E-state index < -0.39 is 0 Å². The number of aromatic nitrogens is 2. The predicted molar refractivity (Wildman–Crippen MR) is 142 cm³/mol. The van der Waals surface area contributed by atoms with E-state index in [2.05, 4.69) is 15.1 Å². The maximum absolute atomic E-state index is 13.1. The number of nitrogens with zero attached hydrogens (tertiary/aromatic N) is 5. The van der Waals surface area contributed by atoms with Crippen LogP contribution in [0.15, 0.2) is 60.7 Å². The van der Waals surface area contributed by atoms with E-state index in [1.807, 2.05) is 55.1 Å². The van der Waals surface area contributed by atoms with Crippen LogP contribution in [0.3, 0.4) is 0 Å². The lowest BCUT2D eigenvalue weighted by Crippen LogP contribution is -2.53. The molecule has 9 nitrogen and oxygen atoms in total. The van der Waals surface area contributed by atoms with E-state index in [0.29, 0.717) is 37.5 Å². The predicted octanol–water partition coefficient (Wildman–Crippen LogP) is 3.36. The second-order valence-electron chi connectivity index (χ2n) is 9.13. The zero-order valence-corrected chi connectivity index (χ0v) is 21.8. The quantitative estimate of drug-likeness (QED) is 0.466. The standard InChI is InChI=1S/C28H33N5O4/c1-20(2)33(28(35)21-8-10-23(36-3)11-9-21)19-27(34)32-16-14-31(15-17-32)26-13-12-25(29-30-26)22-6-5-7-24(18-22)37-4/h5-13,18,20H,14-17,19H2,1-4H3. The van der Waals surface area contributed by atoms with Crippen LogP contribution in [-0.4, -0.2) is 84.8 Å². The summed E-state index contributed by atoms with van der Waals surface area (Å²) in [6.45, 7) is 6.28. The van der Waals surface area contributed by atoms with Crippen LogP contribution in [0.5, 0.6) is 11.5 Å². The fraction of sp³-hybridized carbons (Fsp3) is 0.357. The first kappa shape index (κ1) is 25.9. The summed E-state index contributed by atoms with van der Waals surface area (Å²) in [4.78, 5) is 31.7. The van der Waals surface area contributed by atoms with Gasteiger partial charge in [-0.2, -0.15) is 0 Å². The molecule has 0 unspecified atom stereocenters. The number of carbonyl (C=O) groups excluding carboxylic acids is 2. The molecule has 0 saturated carbocycles. The van der Waals surface area contributed by atoms with E-state index >= 15 is 0 Å². The Balaban J connectivity index is 1.34. The number of hydrogen-bond donors (Lipinski definition) is 0. The number of piperazine rings is 1. The molecule has 1 aliphatic rings. The third-order valence-electron chi connectivity index (χ3n) is 6.50. The molecule has 0 aliphatic carbocycles. The molecule has 1 saturated heterocycles. The first-order valence-electron chi connectivity index (χ1n) is 12.4. The van der Waals surface area contributed by atoms with E-state index in [0.717, 1.165) is 22.8 Å². The van der Waals surface area contributed by atoms with Gasteiger partial charge in [-0.05, 0) is 62.4 Å². The van der Waals surface area contributed by atoms with Gasteiger partial charge in [0.05, 0.1) is 19.9 Å². The van der Waals surface area contributed by atoms with Crippen LogP contribution < -0.4 is 14.4 Å². The molecule has 0 spiro atoms. The number of ether oxygens (including phenoxy) is 2. The maximum atomic E-state index is 13.1. The van der Waals surface area contributed by atoms with E-state index in [1.54, 1.807) is 43.4 Å². The Morgan fingerprint density at radius 1 is 0.892 bits per heavy atom. The van der Waals surface area contributed by atoms with Gasteiger partial charge in [-0.25, -0.2) is 0 Å². The van der Waals surface area contributed by atoms with Crippen LogP contribution in [0.4, 0.5) is 5.82 Å². The average Bonchev–Trinajstić information content (AvgIpc) is 2.95. The smallest absolute Gasteiger partial charge is 0.254 e. The number of carbonyl (C=O) groups is 2. The largest absolute Gasteiger partial charge is 0.497 e. The minimum Gasteiger partial charge on any atom is -0.497 e. The van der Waals surface area contributed by atoms with Gasteiger partial charge in [0, 0.05) is 43.3 Å². The van der Waals surface area contributed by atoms with Gasteiger partial charge in [-0.1, -0.05) is 12.1 Å². The van der Waals surface area contributed by atoms with Gasteiger partial charge in [0.15, 0.2) is 5.82 Å². The molecule has 1 fully saturated rings. The number of methoxy groups -OCH3 is 2. The van der Waals surface area contributed by atoms with Gasteiger partial charge in [0.1, 0.15) is 18.0 Å². The van der Waals surface area contributed by atoms with E-state index in [-0.39, 0.29) is 24.4 Å². The fourth-order valence-corrected chi connectivity index (χ4v) is 4.25. The Bertz CT molecular complexity index is 1210. The molecule has 2 amide bonds. The molecule has 0 N–H and O–H groups in total. The molecule has 0 atom stereocenters. The Morgan fingerprint density at radius 2 is 1.59 bits per heavy atom. The molecule has 0 radical (unpaired) electrons. The van der Waals surface area contributed by atoms with Crippen LogP contribution in [0.25, 0.3) is 11.3 Å². The minimum atomic E-state index is -0.170. The molecule has 1 aliphatic heterocycles. The summed E-state index contributed by atoms with van der Waals surface area (Å²) in [6.07, 6.45) is 0. The lowest BCUT2D eigenvalue weighted by molar-refractivity contribution is -0.132. The number of anilines is 1. The highest BCUT2D eigenvalue weighted by molar-refractivity contribution is 5.96. The second kappa shape index (κ2) is 11.7. The van der Waals surface area contributed by atoms with Gasteiger partial charge in [0.25, 0.3) is 5.91 Å². The highest BCUT2D eigenvalue weighted by Crippen LogP contribution is 2.23. The topological polar surface area (TPSA) is 88.1 Å². The molecular formula is C28H33N5O4. The molecule has 1 aromatic heterocycles. The summed E-state index contributed by atoms with van der Waals surface area (Å²) >= 11 is 0. The zero-order valence-electron chi connectivity index (χ0n) is 21.8. The third kappa shape index (κ3) is 6.17. The Kier molecular flexibility index (Phi) is 8.22. The van der Waals surface area contributed by atoms with Crippen molar-refractivity contribution in [3.63, 3.8) is 0 Å². The first-order valence-corrected chi connectivity index (χ1v) is 12.4. The van der Waals surface area contributed by atoms with Crippen LogP contribution in [0.2, 0.25) is 0 Å². The van der Waals surface area contributed by atoms with Crippen molar-refractivity contribution in [2.45, 2.75) is 19.9 Å². The van der Waals surface area contributed by atoms with Gasteiger partial charge in [-0.3, -0.25) is 9.59 Å². The monoisotopic (exact) mass is 503 g/mol. The second-order valence-corrected chi connectivity index (χ2v) is 9.13. The van der Waals surface area contributed by atoms with Gasteiger partial charge in [0.2, 0.25) is 5.91 Å². The van der Waals surface area contributed by atoms with Crippen molar-refractivity contribution in [1.29, 1.82) is 0 Å². The molecule has 9 heteroatoms. The summed E-state index contributed by atoms with van der Waals surface area (Å²) in [7, 11) is 3.22. The molecule has 4 rings (SSSR count). The van der Waals surface area contributed by atoms with Crippen molar-refractivity contribution in [2.75, 3.05) is 51.8 Å². The van der Waals surface area contributed by atoms with Gasteiger partial charge in [-0.15, -0.1) is 10.2 Å². The number of amides is 2. The molecule has 3 aromatic rings. The highest BCUT2D eigenvalue weighted by Gasteiger charge is 2.27. The summed E-state index contributed by atoms with van der Waals surface area (Å²) in [6, 6.07) is 18.4. The van der Waals surface area contributed by atoms with Crippen molar-refractivity contribution in [2.24, 2.45) is 0 Å². The van der Waals surface area contributed by atoms with Gasteiger partial charge >= 0.3 is 0 Å². The molecule has 2 aromatic carbocycles. The van der Waals surface area contributed by atoms with E-state index in [4.69, 9.17) is 9.47 Å². The number of benzene rings is 2. The number of rotatable bonds is 8. The molecule has 37 heavy (non-hydrogen) atoms. The van der Waals surface area contributed by atoms with Crippen LogP contribution >= 0.6 is 0 Å². The van der Waals surface area contributed by atoms with Crippen molar-refractivity contribution in [3.8, 4) is 22.8 Å². The van der Waals surface area contributed by atoms with Crippen molar-refractivity contribution >= 4 is 17.6 Å². The molecule has 2 heterocycles.